The van der Waals surface area contributed by atoms with E-state index in [2.05, 4.69) is 15.9 Å². The molecule has 2 rings (SSSR count). The Morgan fingerprint density at radius 1 is 1.40 bits per heavy atom. The molecule has 1 fully saturated rings. The van der Waals surface area contributed by atoms with Gasteiger partial charge in [0.2, 0.25) is 0 Å². The summed E-state index contributed by atoms with van der Waals surface area (Å²) in [6.07, 6.45) is 2.31. The summed E-state index contributed by atoms with van der Waals surface area (Å²) in [7, 11) is 0. The zero-order valence-corrected chi connectivity index (χ0v) is 12.8. The molecule has 6 heteroatoms. The molecule has 1 saturated heterocycles. The molecule has 1 atom stereocenters. The van der Waals surface area contributed by atoms with Crippen LogP contribution in [0.4, 0.5) is 5.69 Å². The topological polar surface area (TPSA) is 83.6 Å². The maximum Gasteiger partial charge on any atom is 0.329 e. The van der Waals surface area contributed by atoms with E-state index < -0.39 is 17.4 Å². The lowest BCUT2D eigenvalue weighted by atomic mass is 9.87. The number of nitrogens with two attached hydrogens (primary N) is 1. The zero-order chi connectivity index (χ0) is 14.9. The number of nitrogens with zero attached hydrogens (tertiary/aromatic N) is 1. The van der Waals surface area contributed by atoms with Gasteiger partial charge in [-0.2, -0.15) is 0 Å². The van der Waals surface area contributed by atoms with E-state index in [-0.39, 0.29) is 0 Å². The van der Waals surface area contributed by atoms with Gasteiger partial charge in [-0.1, -0.05) is 15.9 Å². The Balaban J connectivity index is 2.55. The van der Waals surface area contributed by atoms with Crippen molar-refractivity contribution in [2.45, 2.75) is 31.7 Å². The highest BCUT2D eigenvalue weighted by Gasteiger charge is 2.42. The van der Waals surface area contributed by atoms with Gasteiger partial charge in [-0.15, -0.1) is 0 Å². The standard InChI is InChI=1S/C14H17BrN2O3/c1-14(13(19)20)6-2-3-7-17(14)11-8-9(15)4-5-10(11)12(16)18/h4-5,8H,2-3,6-7H2,1H3,(H2,16,18)(H,19,20). The van der Waals surface area contributed by atoms with E-state index in [1.807, 2.05) is 0 Å². The Labute approximate surface area is 125 Å². The van der Waals surface area contributed by atoms with Gasteiger partial charge in [-0.05, 0) is 44.4 Å². The van der Waals surface area contributed by atoms with Crippen LogP contribution in [0.5, 0.6) is 0 Å². The molecular weight excluding hydrogens is 324 g/mol. The number of carboxylic acid groups (broad SMARTS) is 1. The minimum atomic E-state index is -1.01. The predicted molar refractivity (Wildman–Crippen MR) is 79.9 cm³/mol. The Morgan fingerprint density at radius 3 is 2.70 bits per heavy atom. The number of hydrogen-bond donors (Lipinski definition) is 2. The second kappa shape index (κ2) is 5.44. The Kier molecular flexibility index (Phi) is 4.04. The summed E-state index contributed by atoms with van der Waals surface area (Å²) in [5.41, 5.74) is 5.33. The predicted octanol–water partition coefficient (Wildman–Crippen LogP) is 2.38. The molecule has 0 spiro atoms. The lowest BCUT2D eigenvalue weighted by Crippen LogP contribution is -2.56. The van der Waals surface area contributed by atoms with Gasteiger partial charge in [-0.3, -0.25) is 4.79 Å². The lowest BCUT2D eigenvalue weighted by Gasteiger charge is -2.44. The SMILES string of the molecule is CC1(C(=O)O)CCCCN1c1cc(Br)ccc1C(N)=O. The number of halogens is 1. The molecule has 0 bridgehead atoms. The first-order valence-corrected chi connectivity index (χ1v) is 7.26. The van der Waals surface area contributed by atoms with Gasteiger partial charge in [0.25, 0.3) is 5.91 Å². The Hall–Kier alpha value is -1.56. The number of rotatable bonds is 3. The third-order valence-electron chi connectivity index (χ3n) is 3.87. The zero-order valence-electron chi connectivity index (χ0n) is 11.2. The van der Waals surface area contributed by atoms with Gasteiger partial charge >= 0.3 is 5.97 Å². The molecule has 1 heterocycles. The molecule has 0 radical (unpaired) electrons. The molecular formula is C14H17BrN2O3. The van der Waals surface area contributed by atoms with Gasteiger partial charge in [0, 0.05) is 11.0 Å². The summed E-state index contributed by atoms with van der Waals surface area (Å²) in [6, 6.07) is 5.11. The number of piperidine rings is 1. The number of anilines is 1. The van der Waals surface area contributed by atoms with Crippen LogP contribution < -0.4 is 10.6 Å². The molecule has 1 aromatic carbocycles. The molecule has 1 amide bonds. The highest BCUT2D eigenvalue weighted by atomic mass is 79.9. The second-order valence-corrected chi connectivity index (χ2v) is 6.13. The molecule has 0 aliphatic carbocycles. The van der Waals surface area contributed by atoms with E-state index in [4.69, 9.17) is 5.73 Å². The Morgan fingerprint density at radius 2 is 2.10 bits per heavy atom. The van der Waals surface area contributed by atoms with Crippen LogP contribution in [0.1, 0.15) is 36.5 Å². The van der Waals surface area contributed by atoms with Crippen molar-refractivity contribution in [1.82, 2.24) is 0 Å². The molecule has 108 valence electrons. The molecule has 1 aliphatic heterocycles. The van der Waals surface area contributed by atoms with Gasteiger partial charge in [0.1, 0.15) is 5.54 Å². The number of carbonyl (C=O) groups excluding carboxylic acids is 1. The van der Waals surface area contributed by atoms with Crippen LogP contribution in [-0.4, -0.2) is 29.1 Å². The van der Waals surface area contributed by atoms with Gasteiger partial charge < -0.3 is 15.7 Å². The van der Waals surface area contributed by atoms with Crippen molar-refractivity contribution in [2.24, 2.45) is 5.73 Å². The summed E-state index contributed by atoms with van der Waals surface area (Å²) in [4.78, 5) is 25.0. The number of amides is 1. The van der Waals surface area contributed by atoms with Gasteiger partial charge in [0.05, 0.1) is 11.3 Å². The van der Waals surface area contributed by atoms with E-state index >= 15 is 0 Å². The molecule has 0 saturated carbocycles. The normalized spacial score (nSPS) is 22.6. The molecule has 20 heavy (non-hydrogen) atoms. The molecule has 1 aliphatic rings. The van der Waals surface area contributed by atoms with Crippen LogP contribution in [-0.2, 0) is 4.79 Å². The average Bonchev–Trinajstić information content (AvgIpc) is 2.38. The first-order valence-electron chi connectivity index (χ1n) is 6.46. The van der Waals surface area contributed by atoms with Crippen LogP contribution in [0.3, 0.4) is 0 Å². The first-order chi connectivity index (χ1) is 9.36. The van der Waals surface area contributed by atoms with E-state index in [0.29, 0.717) is 24.2 Å². The number of benzene rings is 1. The van der Waals surface area contributed by atoms with Crippen molar-refractivity contribution >= 4 is 33.5 Å². The van der Waals surface area contributed by atoms with Crippen molar-refractivity contribution in [3.05, 3.63) is 28.2 Å². The maximum atomic E-state index is 11.7. The summed E-state index contributed by atoms with van der Waals surface area (Å²) in [5.74, 6) is -1.43. The molecule has 0 aromatic heterocycles. The minimum Gasteiger partial charge on any atom is -0.480 e. The summed E-state index contributed by atoms with van der Waals surface area (Å²) >= 11 is 3.36. The van der Waals surface area contributed by atoms with Gasteiger partial charge in [0.15, 0.2) is 0 Å². The first kappa shape index (κ1) is 14.8. The highest BCUT2D eigenvalue weighted by Crippen LogP contribution is 2.36. The third-order valence-corrected chi connectivity index (χ3v) is 4.36. The van der Waals surface area contributed by atoms with Crippen molar-refractivity contribution in [3.63, 3.8) is 0 Å². The number of primary amides is 1. The van der Waals surface area contributed by atoms with E-state index in [0.717, 1.165) is 17.3 Å². The van der Waals surface area contributed by atoms with Crippen LogP contribution in [0, 0.1) is 0 Å². The molecule has 1 aromatic rings. The minimum absolute atomic E-state index is 0.350. The summed E-state index contributed by atoms with van der Waals surface area (Å²) < 4.78 is 0.788. The van der Waals surface area contributed by atoms with Gasteiger partial charge in [-0.25, -0.2) is 4.79 Å². The number of hydrogen-bond acceptors (Lipinski definition) is 3. The molecule has 3 N–H and O–H groups in total. The smallest absolute Gasteiger partial charge is 0.329 e. The van der Waals surface area contributed by atoms with Crippen molar-refractivity contribution in [3.8, 4) is 0 Å². The van der Waals surface area contributed by atoms with E-state index in [1.54, 1.807) is 30.0 Å². The molecule has 1 unspecified atom stereocenters. The second-order valence-electron chi connectivity index (χ2n) is 5.21. The monoisotopic (exact) mass is 340 g/mol. The van der Waals surface area contributed by atoms with Crippen LogP contribution in [0.25, 0.3) is 0 Å². The van der Waals surface area contributed by atoms with Crippen molar-refractivity contribution in [1.29, 1.82) is 0 Å². The van der Waals surface area contributed by atoms with Crippen molar-refractivity contribution in [2.75, 3.05) is 11.4 Å². The van der Waals surface area contributed by atoms with Crippen molar-refractivity contribution < 1.29 is 14.7 Å². The van der Waals surface area contributed by atoms with E-state index in [1.165, 1.54) is 0 Å². The van der Waals surface area contributed by atoms with Crippen LogP contribution >= 0.6 is 15.9 Å². The number of carboxylic acids is 1. The largest absolute Gasteiger partial charge is 0.480 e. The fourth-order valence-corrected chi connectivity index (χ4v) is 3.02. The fraction of sp³-hybridized carbons (Fsp3) is 0.429. The molecule has 5 nitrogen and oxygen atoms in total. The highest BCUT2D eigenvalue weighted by molar-refractivity contribution is 9.10. The quantitative estimate of drug-likeness (QED) is 0.884. The Bertz CT molecular complexity index is 561. The van der Waals surface area contributed by atoms with E-state index in [9.17, 15) is 14.7 Å². The fourth-order valence-electron chi connectivity index (χ4n) is 2.67. The number of aliphatic carboxylic acids is 1. The lowest BCUT2D eigenvalue weighted by molar-refractivity contribution is -0.143. The maximum absolute atomic E-state index is 11.7. The summed E-state index contributed by atoms with van der Waals surface area (Å²) in [6.45, 7) is 2.29. The average molecular weight is 341 g/mol. The number of carbonyl (C=O) groups is 2. The van der Waals surface area contributed by atoms with Crippen LogP contribution in [0.2, 0.25) is 0 Å². The summed E-state index contributed by atoms with van der Waals surface area (Å²) in [5, 5.41) is 9.56. The van der Waals surface area contributed by atoms with Crippen LogP contribution in [0.15, 0.2) is 22.7 Å². The third kappa shape index (κ3) is 2.52.